The summed E-state index contributed by atoms with van der Waals surface area (Å²) in [4.78, 5) is 14.3. The number of furan rings is 1. The lowest BCUT2D eigenvalue weighted by atomic mass is 10.3. The second-order valence-electron chi connectivity index (χ2n) is 5.56. The standard InChI is InChI=1S/C16H24N4O3/c1-12-9-15(19(3)18-12)17-16(21)11-20(7-8-22-4)10-14-6-5-13(2)23-14/h5-6,9H,7-8,10-11H2,1-4H3,(H,17,21). The Kier molecular flexibility index (Phi) is 5.95. The van der Waals surface area contributed by atoms with Crippen molar-refractivity contribution in [3.05, 3.63) is 35.4 Å². The zero-order valence-electron chi connectivity index (χ0n) is 14.1. The molecule has 0 aliphatic rings. The van der Waals surface area contributed by atoms with E-state index in [0.29, 0.717) is 25.5 Å². The summed E-state index contributed by atoms with van der Waals surface area (Å²) < 4.78 is 12.4. The molecule has 2 rings (SSSR count). The highest BCUT2D eigenvalue weighted by atomic mass is 16.5. The second kappa shape index (κ2) is 7.94. The summed E-state index contributed by atoms with van der Waals surface area (Å²) >= 11 is 0. The Labute approximate surface area is 136 Å². The molecule has 0 bridgehead atoms. The molecule has 2 aromatic heterocycles. The Balaban J connectivity index is 1.95. The molecule has 1 amide bonds. The largest absolute Gasteiger partial charge is 0.465 e. The molecule has 0 saturated heterocycles. The van der Waals surface area contributed by atoms with Crippen LogP contribution in [0.25, 0.3) is 0 Å². The number of methoxy groups -OCH3 is 1. The molecule has 0 radical (unpaired) electrons. The van der Waals surface area contributed by atoms with Gasteiger partial charge in [-0.05, 0) is 26.0 Å². The Morgan fingerprint density at radius 3 is 2.78 bits per heavy atom. The van der Waals surface area contributed by atoms with Crippen molar-refractivity contribution in [2.24, 2.45) is 7.05 Å². The van der Waals surface area contributed by atoms with Gasteiger partial charge in [-0.1, -0.05) is 0 Å². The van der Waals surface area contributed by atoms with Gasteiger partial charge < -0.3 is 14.5 Å². The summed E-state index contributed by atoms with van der Waals surface area (Å²) in [5, 5.41) is 7.09. The van der Waals surface area contributed by atoms with Crippen molar-refractivity contribution in [3.8, 4) is 0 Å². The fourth-order valence-electron chi connectivity index (χ4n) is 2.34. The number of amides is 1. The first kappa shape index (κ1) is 17.2. The maximum absolute atomic E-state index is 12.3. The van der Waals surface area contributed by atoms with Crippen LogP contribution in [0, 0.1) is 13.8 Å². The first-order chi connectivity index (χ1) is 11.0. The molecule has 2 aromatic rings. The number of rotatable bonds is 8. The van der Waals surface area contributed by atoms with E-state index in [4.69, 9.17) is 9.15 Å². The van der Waals surface area contributed by atoms with E-state index in [1.807, 2.05) is 36.9 Å². The summed E-state index contributed by atoms with van der Waals surface area (Å²) in [5.74, 6) is 2.30. The predicted octanol–water partition coefficient (Wildman–Crippen LogP) is 1.72. The van der Waals surface area contributed by atoms with Gasteiger partial charge >= 0.3 is 0 Å². The highest BCUT2D eigenvalue weighted by Gasteiger charge is 2.14. The number of aromatic nitrogens is 2. The van der Waals surface area contributed by atoms with E-state index in [2.05, 4.69) is 10.4 Å². The smallest absolute Gasteiger partial charge is 0.239 e. The van der Waals surface area contributed by atoms with Crippen molar-refractivity contribution in [1.29, 1.82) is 0 Å². The molecular weight excluding hydrogens is 296 g/mol. The summed E-state index contributed by atoms with van der Waals surface area (Å²) in [6.07, 6.45) is 0. The number of nitrogens with zero attached hydrogens (tertiary/aromatic N) is 3. The summed E-state index contributed by atoms with van der Waals surface area (Å²) in [6.45, 7) is 5.81. The Morgan fingerprint density at radius 1 is 1.43 bits per heavy atom. The first-order valence-corrected chi connectivity index (χ1v) is 7.55. The molecule has 126 valence electrons. The van der Waals surface area contributed by atoms with Crippen molar-refractivity contribution < 1.29 is 13.9 Å². The molecule has 23 heavy (non-hydrogen) atoms. The second-order valence-corrected chi connectivity index (χ2v) is 5.56. The van der Waals surface area contributed by atoms with Gasteiger partial charge in [0.2, 0.25) is 5.91 Å². The summed E-state index contributed by atoms with van der Waals surface area (Å²) in [6, 6.07) is 5.69. The van der Waals surface area contributed by atoms with Crippen LogP contribution in [0.15, 0.2) is 22.6 Å². The van der Waals surface area contributed by atoms with Gasteiger partial charge in [-0.2, -0.15) is 5.10 Å². The SMILES string of the molecule is COCCN(CC(=O)Nc1cc(C)nn1C)Cc1ccc(C)o1. The van der Waals surface area contributed by atoms with Crippen molar-refractivity contribution in [2.45, 2.75) is 20.4 Å². The van der Waals surface area contributed by atoms with Gasteiger partial charge in [0.15, 0.2) is 0 Å². The number of nitrogens with one attached hydrogen (secondary N) is 1. The van der Waals surface area contributed by atoms with Gasteiger partial charge in [0.25, 0.3) is 0 Å². The average molecular weight is 320 g/mol. The number of ether oxygens (including phenoxy) is 1. The van der Waals surface area contributed by atoms with Gasteiger partial charge in [-0.3, -0.25) is 14.4 Å². The molecule has 0 aliphatic carbocycles. The third-order valence-electron chi connectivity index (χ3n) is 3.42. The molecule has 0 aliphatic heterocycles. The van der Waals surface area contributed by atoms with E-state index in [1.165, 1.54) is 0 Å². The molecule has 7 heteroatoms. The van der Waals surface area contributed by atoms with Crippen molar-refractivity contribution in [3.63, 3.8) is 0 Å². The number of aryl methyl sites for hydroxylation is 3. The van der Waals surface area contributed by atoms with Crippen LogP contribution in [0.4, 0.5) is 5.82 Å². The fourth-order valence-corrected chi connectivity index (χ4v) is 2.34. The van der Waals surface area contributed by atoms with Gasteiger partial charge in [-0.15, -0.1) is 0 Å². The lowest BCUT2D eigenvalue weighted by Crippen LogP contribution is -2.35. The van der Waals surface area contributed by atoms with Crippen LogP contribution < -0.4 is 5.32 Å². The lowest BCUT2D eigenvalue weighted by Gasteiger charge is -2.20. The van der Waals surface area contributed by atoms with Crippen LogP contribution in [0.1, 0.15) is 17.2 Å². The monoisotopic (exact) mass is 320 g/mol. The lowest BCUT2D eigenvalue weighted by molar-refractivity contribution is -0.117. The maximum atomic E-state index is 12.3. The highest BCUT2D eigenvalue weighted by Crippen LogP contribution is 2.11. The van der Waals surface area contributed by atoms with Crippen LogP contribution in [0.3, 0.4) is 0 Å². The number of carbonyl (C=O) groups is 1. The van der Waals surface area contributed by atoms with Crippen molar-refractivity contribution in [1.82, 2.24) is 14.7 Å². The van der Waals surface area contributed by atoms with Crippen molar-refractivity contribution >= 4 is 11.7 Å². The minimum absolute atomic E-state index is 0.0904. The maximum Gasteiger partial charge on any atom is 0.239 e. The van der Waals surface area contributed by atoms with Crippen LogP contribution in [0.5, 0.6) is 0 Å². The molecule has 1 N–H and O–H groups in total. The molecule has 0 atom stereocenters. The van der Waals surface area contributed by atoms with Gasteiger partial charge in [0, 0.05) is 26.8 Å². The van der Waals surface area contributed by atoms with E-state index in [1.54, 1.807) is 18.8 Å². The van der Waals surface area contributed by atoms with E-state index in [9.17, 15) is 4.79 Å². The van der Waals surface area contributed by atoms with Crippen LogP contribution >= 0.6 is 0 Å². The number of hydrogen-bond acceptors (Lipinski definition) is 5. The first-order valence-electron chi connectivity index (χ1n) is 7.55. The van der Waals surface area contributed by atoms with E-state index in [-0.39, 0.29) is 12.5 Å². The molecule has 7 nitrogen and oxygen atoms in total. The fraction of sp³-hybridized carbons (Fsp3) is 0.500. The minimum atomic E-state index is -0.0904. The molecule has 2 heterocycles. The van der Waals surface area contributed by atoms with Crippen LogP contribution in [-0.2, 0) is 23.1 Å². The Bertz CT molecular complexity index is 648. The Hall–Kier alpha value is -2.12. The highest BCUT2D eigenvalue weighted by molar-refractivity contribution is 5.91. The van der Waals surface area contributed by atoms with Gasteiger partial charge in [-0.25, -0.2) is 0 Å². The Morgan fingerprint density at radius 2 is 2.22 bits per heavy atom. The number of carbonyl (C=O) groups excluding carboxylic acids is 1. The molecule has 0 unspecified atom stereocenters. The molecular formula is C16H24N4O3. The number of hydrogen-bond donors (Lipinski definition) is 1. The van der Waals surface area contributed by atoms with Gasteiger partial charge in [0.05, 0.1) is 25.4 Å². The van der Waals surface area contributed by atoms with E-state index in [0.717, 1.165) is 17.2 Å². The molecule has 0 saturated carbocycles. The summed E-state index contributed by atoms with van der Waals surface area (Å²) in [5.41, 5.74) is 0.866. The topological polar surface area (TPSA) is 72.5 Å². The molecule has 0 aromatic carbocycles. The van der Waals surface area contributed by atoms with E-state index >= 15 is 0 Å². The summed E-state index contributed by atoms with van der Waals surface area (Å²) in [7, 11) is 3.45. The zero-order chi connectivity index (χ0) is 16.8. The minimum Gasteiger partial charge on any atom is -0.465 e. The quantitative estimate of drug-likeness (QED) is 0.802. The molecule has 0 spiro atoms. The molecule has 0 fully saturated rings. The van der Waals surface area contributed by atoms with Crippen LogP contribution in [-0.4, -0.2) is 47.4 Å². The van der Waals surface area contributed by atoms with E-state index < -0.39 is 0 Å². The third kappa shape index (κ3) is 5.22. The van der Waals surface area contributed by atoms with Crippen molar-refractivity contribution in [2.75, 3.05) is 32.1 Å². The number of anilines is 1. The third-order valence-corrected chi connectivity index (χ3v) is 3.42. The predicted molar refractivity (Wildman–Crippen MR) is 87.2 cm³/mol. The zero-order valence-corrected chi connectivity index (χ0v) is 14.1. The van der Waals surface area contributed by atoms with Gasteiger partial charge in [0.1, 0.15) is 17.3 Å². The average Bonchev–Trinajstić information content (AvgIpc) is 3.02. The van der Waals surface area contributed by atoms with Crippen LogP contribution in [0.2, 0.25) is 0 Å². The normalized spacial score (nSPS) is 11.2.